The summed E-state index contributed by atoms with van der Waals surface area (Å²) in [6.45, 7) is 3.51. The van der Waals surface area contributed by atoms with Crippen LogP contribution in [0, 0.1) is 12.7 Å². The van der Waals surface area contributed by atoms with Crippen molar-refractivity contribution >= 4 is 28.5 Å². The molecule has 1 atom stereocenters. The highest BCUT2D eigenvalue weighted by molar-refractivity contribution is 5.97. The molecular weight excluding hydrogens is 365 g/mol. The fourth-order valence-corrected chi connectivity index (χ4v) is 2.64. The van der Waals surface area contributed by atoms with Crippen LogP contribution in [0.1, 0.15) is 29.5 Å². The molecule has 0 fully saturated rings. The molecule has 28 heavy (non-hydrogen) atoms. The molecule has 0 saturated heterocycles. The summed E-state index contributed by atoms with van der Waals surface area (Å²) in [6, 6.07) is 11.3. The monoisotopic (exact) mass is 383 g/mol. The van der Waals surface area contributed by atoms with Crippen molar-refractivity contribution in [2.75, 3.05) is 5.32 Å². The summed E-state index contributed by atoms with van der Waals surface area (Å²) in [5.41, 5.74) is 1.14. The van der Waals surface area contributed by atoms with Crippen LogP contribution in [-0.2, 0) is 9.53 Å². The Balaban J connectivity index is 1.77. The number of aryl methyl sites for hydroxylation is 1. The van der Waals surface area contributed by atoms with Gasteiger partial charge in [-0.25, -0.2) is 9.18 Å². The largest absolute Gasteiger partial charge is 0.449 e. The van der Waals surface area contributed by atoms with Gasteiger partial charge >= 0.3 is 5.97 Å². The molecule has 1 aromatic heterocycles. The molecule has 2 aromatic carbocycles. The number of carbonyl (C=O) groups excluding carboxylic acids is 2. The highest BCUT2D eigenvalue weighted by Gasteiger charge is 2.24. The molecule has 6 nitrogen and oxygen atoms in total. The minimum Gasteiger partial charge on any atom is -0.449 e. The van der Waals surface area contributed by atoms with Crippen LogP contribution >= 0.6 is 0 Å². The Hall–Kier alpha value is -3.48. The van der Waals surface area contributed by atoms with E-state index in [-0.39, 0.29) is 23.2 Å². The summed E-state index contributed by atoms with van der Waals surface area (Å²) in [5, 5.41) is 2.91. The molecule has 0 aliphatic carbocycles. The normalized spacial score (nSPS) is 11.8. The van der Waals surface area contributed by atoms with Crippen molar-refractivity contribution in [3.05, 3.63) is 75.9 Å². The van der Waals surface area contributed by atoms with E-state index in [1.54, 1.807) is 25.1 Å². The van der Waals surface area contributed by atoms with Gasteiger partial charge in [0.2, 0.25) is 5.76 Å². The topological polar surface area (TPSA) is 85.6 Å². The number of amides is 1. The van der Waals surface area contributed by atoms with E-state index in [2.05, 4.69) is 5.32 Å². The van der Waals surface area contributed by atoms with Crippen molar-refractivity contribution < 1.29 is 23.1 Å². The Bertz CT molecular complexity index is 1090. The molecule has 1 N–H and O–H groups in total. The van der Waals surface area contributed by atoms with Crippen molar-refractivity contribution in [3.8, 4) is 0 Å². The molecular formula is C21H18FNO5. The quantitative estimate of drug-likeness (QED) is 0.677. The predicted molar refractivity (Wildman–Crippen MR) is 102 cm³/mol. The average Bonchev–Trinajstić information content (AvgIpc) is 2.68. The van der Waals surface area contributed by atoms with E-state index in [1.165, 1.54) is 24.3 Å². The first-order valence-electron chi connectivity index (χ1n) is 8.69. The lowest BCUT2D eigenvalue weighted by Gasteiger charge is -2.15. The van der Waals surface area contributed by atoms with E-state index in [0.717, 1.165) is 11.6 Å². The fourth-order valence-electron chi connectivity index (χ4n) is 2.64. The van der Waals surface area contributed by atoms with E-state index in [4.69, 9.17) is 9.15 Å². The Morgan fingerprint density at radius 2 is 1.86 bits per heavy atom. The molecule has 0 bridgehead atoms. The third kappa shape index (κ3) is 4.25. The lowest BCUT2D eigenvalue weighted by molar-refractivity contribution is -0.124. The van der Waals surface area contributed by atoms with Gasteiger partial charge in [0.05, 0.1) is 5.39 Å². The Labute approximate surface area is 159 Å². The number of esters is 1. The van der Waals surface area contributed by atoms with Gasteiger partial charge in [0.1, 0.15) is 11.4 Å². The van der Waals surface area contributed by atoms with Crippen LogP contribution in [0.15, 0.2) is 57.7 Å². The second-order valence-electron chi connectivity index (χ2n) is 6.27. The Kier molecular flexibility index (Phi) is 5.54. The predicted octanol–water partition coefficient (Wildman–Crippen LogP) is 3.81. The van der Waals surface area contributed by atoms with Crippen LogP contribution in [0.4, 0.5) is 10.1 Å². The van der Waals surface area contributed by atoms with Gasteiger partial charge in [-0.3, -0.25) is 9.59 Å². The van der Waals surface area contributed by atoms with Crippen molar-refractivity contribution in [2.24, 2.45) is 0 Å². The third-order valence-corrected chi connectivity index (χ3v) is 4.11. The lowest BCUT2D eigenvalue weighted by atomic mass is 10.1. The van der Waals surface area contributed by atoms with E-state index in [9.17, 15) is 18.8 Å². The first kappa shape index (κ1) is 19.3. The highest BCUT2D eigenvalue weighted by Crippen LogP contribution is 2.16. The van der Waals surface area contributed by atoms with Gasteiger partial charge in [0.25, 0.3) is 5.91 Å². The summed E-state index contributed by atoms with van der Waals surface area (Å²) in [4.78, 5) is 37.0. The molecule has 1 unspecified atom stereocenters. The molecule has 1 heterocycles. The number of anilines is 1. The molecule has 0 saturated carbocycles. The fraction of sp³-hybridized carbons (Fsp3) is 0.190. The minimum atomic E-state index is -1.10. The van der Waals surface area contributed by atoms with Crippen molar-refractivity contribution in [3.63, 3.8) is 0 Å². The zero-order valence-corrected chi connectivity index (χ0v) is 15.3. The molecule has 0 radical (unpaired) electrons. The van der Waals surface area contributed by atoms with Gasteiger partial charge in [0, 0.05) is 11.8 Å². The number of fused-ring (bicyclic) bond motifs is 1. The summed E-state index contributed by atoms with van der Waals surface area (Å²) < 4.78 is 23.6. The zero-order valence-electron chi connectivity index (χ0n) is 15.3. The van der Waals surface area contributed by atoms with Gasteiger partial charge < -0.3 is 14.5 Å². The van der Waals surface area contributed by atoms with Crippen molar-refractivity contribution in [1.82, 2.24) is 0 Å². The number of hydrogen-bond donors (Lipinski definition) is 1. The van der Waals surface area contributed by atoms with Gasteiger partial charge in [-0.15, -0.1) is 0 Å². The molecule has 0 spiro atoms. The maximum absolute atomic E-state index is 13.0. The van der Waals surface area contributed by atoms with Gasteiger partial charge in [0.15, 0.2) is 11.5 Å². The highest BCUT2D eigenvalue weighted by atomic mass is 19.1. The van der Waals surface area contributed by atoms with E-state index in [0.29, 0.717) is 11.1 Å². The second-order valence-corrected chi connectivity index (χ2v) is 6.27. The van der Waals surface area contributed by atoms with Gasteiger partial charge in [-0.1, -0.05) is 18.6 Å². The second kappa shape index (κ2) is 8.04. The molecule has 3 rings (SSSR count). The number of hydrogen-bond acceptors (Lipinski definition) is 5. The summed E-state index contributed by atoms with van der Waals surface area (Å²) in [7, 11) is 0. The van der Waals surface area contributed by atoms with Crippen molar-refractivity contribution in [2.45, 2.75) is 26.4 Å². The van der Waals surface area contributed by atoms with Crippen molar-refractivity contribution in [1.29, 1.82) is 0 Å². The molecule has 0 aliphatic heterocycles. The number of ether oxygens (including phenoxy) is 1. The number of nitrogens with one attached hydrogen (secondary N) is 1. The standard InChI is InChI=1S/C21H18FNO5/c1-3-17(20(25)23-14-7-5-13(22)6-8-14)28-21(26)19-11-16(24)15-10-12(2)4-9-18(15)27-19/h4-11,17H,3H2,1-2H3,(H,23,25). The van der Waals surface area contributed by atoms with Crippen LogP contribution in [0.25, 0.3) is 11.0 Å². The summed E-state index contributed by atoms with van der Waals surface area (Å²) in [6.07, 6.45) is -0.896. The van der Waals surface area contributed by atoms with Crippen LogP contribution < -0.4 is 10.7 Å². The van der Waals surface area contributed by atoms with E-state index in [1.807, 2.05) is 6.92 Å². The van der Waals surface area contributed by atoms with E-state index >= 15 is 0 Å². The molecule has 0 aliphatic rings. The maximum Gasteiger partial charge on any atom is 0.375 e. The first-order chi connectivity index (χ1) is 13.4. The number of carbonyl (C=O) groups is 2. The Morgan fingerprint density at radius 3 is 2.54 bits per heavy atom. The van der Waals surface area contributed by atoms with Gasteiger partial charge in [-0.2, -0.15) is 0 Å². The van der Waals surface area contributed by atoms with Gasteiger partial charge in [-0.05, 0) is 49.7 Å². The summed E-state index contributed by atoms with van der Waals surface area (Å²) >= 11 is 0. The van der Waals surface area contributed by atoms with Crippen LogP contribution in [0.3, 0.4) is 0 Å². The average molecular weight is 383 g/mol. The molecule has 1 amide bonds. The smallest absolute Gasteiger partial charge is 0.375 e. The number of benzene rings is 2. The van der Waals surface area contributed by atoms with Crippen LogP contribution in [-0.4, -0.2) is 18.0 Å². The number of halogens is 1. The Morgan fingerprint density at radius 1 is 1.14 bits per heavy atom. The van der Waals surface area contributed by atoms with Crippen LogP contribution in [0.5, 0.6) is 0 Å². The first-order valence-corrected chi connectivity index (χ1v) is 8.69. The SMILES string of the molecule is CCC(OC(=O)c1cc(=O)c2cc(C)ccc2o1)C(=O)Nc1ccc(F)cc1. The van der Waals surface area contributed by atoms with E-state index < -0.39 is 23.8 Å². The number of rotatable bonds is 5. The molecule has 7 heteroatoms. The third-order valence-electron chi connectivity index (χ3n) is 4.11. The minimum absolute atomic E-state index is 0.204. The maximum atomic E-state index is 13.0. The summed E-state index contributed by atoms with van der Waals surface area (Å²) in [5.74, 6) is -2.20. The zero-order chi connectivity index (χ0) is 20.3. The van der Waals surface area contributed by atoms with Crippen LogP contribution in [0.2, 0.25) is 0 Å². The molecule has 3 aromatic rings. The lowest BCUT2D eigenvalue weighted by Crippen LogP contribution is -2.32. The molecule has 144 valence electrons.